The summed E-state index contributed by atoms with van der Waals surface area (Å²) in [5.41, 5.74) is 0. The van der Waals surface area contributed by atoms with E-state index in [1.165, 1.54) is 0 Å². The lowest BCUT2D eigenvalue weighted by molar-refractivity contribution is -0.0197. The zero-order chi connectivity index (χ0) is 15.6. The van der Waals surface area contributed by atoms with Crippen molar-refractivity contribution in [3.05, 3.63) is 0 Å². The number of aliphatic hydroxyl groups excluding tert-OH is 2. The first-order valence-corrected chi connectivity index (χ1v) is 7.91. The first-order valence-electron chi connectivity index (χ1n) is 7.91. The Hall–Kier alpha value is -0.240. The van der Waals surface area contributed by atoms with Gasteiger partial charge >= 0.3 is 0 Å². The molecule has 0 aromatic carbocycles. The van der Waals surface area contributed by atoms with Gasteiger partial charge in [0.15, 0.2) is 0 Å². The Morgan fingerprint density at radius 2 is 1.29 bits per heavy atom. The van der Waals surface area contributed by atoms with Crippen molar-refractivity contribution in [2.24, 2.45) is 0 Å². The van der Waals surface area contributed by atoms with Gasteiger partial charge in [-0.1, -0.05) is 26.2 Å². The Morgan fingerprint density at radius 3 is 1.81 bits per heavy atom. The van der Waals surface area contributed by atoms with Crippen LogP contribution in [0, 0.1) is 0 Å². The first-order chi connectivity index (χ1) is 10.3. The highest BCUT2D eigenvalue weighted by Gasteiger charge is 2.03. The van der Waals surface area contributed by atoms with E-state index in [-0.39, 0.29) is 12.7 Å². The summed E-state index contributed by atoms with van der Waals surface area (Å²) in [6.07, 6.45) is 3.82. The number of hydrogen-bond acceptors (Lipinski definition) is 6. The summed E-state index contributed by atoms with van der Waals surface area (Å²) >= 11 is 0. The van der Waals surface area contributed by atoms with Crippen molar-refractivity contribution in [2.75, 3.05) is 59.5 Å². The second kappa shape index (κ2) is 17.8. The third-order valence-electron chi connectivity index (χ3n) is 2.80. The largest absolute Gasteiger partial charge is 0.394 e. The second-order valence-corrected chi connectivity index (χ2v) is 4.79. The molecule has 0 saturated heterocycles. The van der Waals surface area contributed by atoms with Crippen LogP contribution >= 0.6 is 0 Å². The van der Waals surface area contributed by atoms with Gasteiger partial charge < -0.3 is 29.2 Å². The van der Waals surface area contributed by atoms with Crippen LogP contribution in [-0.4, -0.2) is 75.8 Å². The molecule has 6 nitrogen and oxygen atoms in total. The van der Waals surface area contributed by atoms with Crippen molar-refractivity contribution >= 4 is 0 Å². The van der Waals surface area contributed by atoms with E-state index in [2.05, 4.69) is 6.92 Å². The van der Waals surface area contributed by atoms with Gasteiger partial charge in [-0.2, -0.15) is 0 Å². The van der Waals surface area contributed by atoms with Crippen molar-refractivity contribution < 1.29 is 29.2 Å². The molecule has 0 spiro atoms. The molecule has 128 valence electrons. The topological polar surface area (TPSA) is 77.4 Å². The van der Waals surface area contributed by atoms with Crippen LogP contribution in [0.4, 0.5) is 0 Å². The molecule has 0 saturated carbocycles. The molecule has 2 N–H and O–H groups in total. The third-order valence-corrected chi connectivity index (χ3v) is 2.80. The Labute approximate surface area is 128 Å². The molecule has 1 unspecified atom stereocenters. The molecule has 0 aliphatic rings. The highest BCUT2D eigenvalue weighted by molar-refractivity contribution is 4.53. The summed E-state index contributed by atoms with van der Waals surface area (Å²) in [5, 5.41) is 18.1. The summed E-state index contributed by atoms with van der Waals surface area (Å²) in [4.78, 5) is 0. The number of hydrogen-bond donors (Lipinski definition) is 2. The lowest BCUT2D eigenvalue weighted by Gasteiger charge is -2.11. The summed E-state index contributed by atoms with van der Waals surface area (Å²) in [7, 11) is 0. The first kappa shape index (κ1) is 20.8. The third kappa shape index (κ3) is 17.7. The molecule has 21 heavy (non-hydrogen) atoms. The molecule has 0 amide bonds. The van der Waals surface area contributed by atoms with Crippen molar-refractivity contribution in [1.29, 1.82) is 0 Å². The number of unbranched alkanes of at least 4 members (excludes halogenated alkanes) is 2. The van der Waals surface area contributed by atoms with Crippen molar-refractivity contribution in [1.82, 2.24) is 0 Å². The van der Waals surface area contributed by atoms with Gasteiger partial charge in [-0.25, -0.2) is 0 Å². The molecular weight excluding hydrogens is 276 g/mol. The predicted molar refractivity (Wildman–Crippen MR) is 80.5 cm³/mol. The van der Waals surface area contributed by atoms with Crippen molar-refractivity contribution in [3.8, 4) is 0 Å². The fraction of sp³-hybridized carbons (Fsp3) is 1.00. The molecule has 0 aliphatic carbocycles. The van der Waals surface area contributed by atoms with Crippen LogP contribution in [0.5, 0.6) is 0 Å². The summed E-state index contributed by atoms with van der Waals surface area (Å²) in [6.45, 7) is 5.93. The molecule has 0 radical (unpaired) electrons. The van der Waals surface area contributed by atoms with Crippen LogP contribution in [0.1, 0.15) is 32.6 Å². The van der Waals surface area contributed by atoms with Crippen LogP contribution in [0.2, 0.25) is 0 Å². The van der Waals surface area contributed by atoms with Crippen molar-refractivity contribution in [3.63, 3.8) is 0 Å². The molecule has 1 atom stereocenters. The molecular formula is C15H32O6. The van der Waals surface area contributed by atoms with Gasteiger partial charge in [0, 0.05) is 0 Å². The Balaban J connectivity index is 3.05. The maximum absolute atomic E-state index is 9.62. The Kier molecular flexibility index (Phi) is 17.6. The zero-order valence-electron chi connectivity index (χ0n) is 13.3. The fourth-order valence-corrected chi connectivity index (χ4v) is 1.66. The van der Waals surface area contributed by atoms with E-state index < -0.39 is 0 Å². The van der Waals surface area contributed by atoms with Gasteiger partial charge in [0.05, 0.1) is 65.6 Å². The van der Waals surface area contributed by atoms with Gasteiger partial charge in [0.1, 0.15) is 0 Å². The zero-order valence-corrected chi connectivity index (χ0v) is 13.3. The average Bonchev–Trinajstić information content (AvgIpc) is 2.48. The number of ether oxygens (including phenoxy) is 4. The predicted octanol–water partition coefficient (Wildman–Crippen LogP) is 0.986. The highest BCUT2D eigenvalue weighted by atomic mass is 16.6. The maximum Gasteiger partial charge on any atom is 0.0773 e. The van der Waals surface area contributed by atoms with Crippen molar-refractivity contribution in [2.45, 2.75) is 38.7 Å². The molecule has 6 heteroatoms. The summed E-state index contributed by atoms with van der Waals surface area (Å²) in [6, 6.07) is 0. The van der Waals surface area contributed by atoms with E-state index >= 15 is 0 Å². The quantitative estimate of drug-likeness (QED) is 0.390. The smallest absolute Gasteiger partial charge is 0.0773 e. The minimum absolute atomic E-state index is 0.0381. The lowest BCUT2D eigenvalue weighted by atomic mass is 10.1. The van der Waals surface area contributed by atoms with Crippen LogP contribution in [0.25, 0.3) is 0 Å². The van der Waals surface area contributed by atoms with E-state index in [4.69, 9.17) is 24.1 Å². The van der Waals surface area contributed by atoms with Gasteiger partial charge in [0.2, 0.25) is 0 Å². The van der Waals surface area contributed by atoms with Crippen LogP contribution < -0.4 is 0 Å². The molecule has 0 aromatic rings. The van der Waals surface area contributed by atoms with E-state index in [1.807, 2.05) is 0 Å². The Bertz CT molecular complexity index is 191. The summed E-state index contributed by atoms with van der Waals surface area (Å²) < 4.78 is 21.0. The van der Waals surface area contributed by atoms with E-state index in [0.717, 1.165) is 25.7 Å². The van der Waals surface area contributed by atoms with Gasteiger partial charge in [0.25, 0.3) is 0 Å². The minimum Gasteiger partial charge on any atom is -0.394 e. The number of rotatable bonds is 17. The molecule has 0 aliphatic heterocycles. The normalized spacial score (nSPS) is 12.7. The highest BCUT2D eigenvalue weighted by Crippen LogP contribution is 2.03. The van der Waals surface area contributed by atoms with E-state index in [0.29, 0.717) is 52.9 Å². The van der Waals surface area contributed by atoms with Crippen LogP contribution in [-0.2, 0) is 18.9 Å². The lowest BCUT2D eigenvalue weighted by Crippen LogP contribution is -2.18. The average molecular weight is 308 g/mol. The molecule has 0 fully saturated rings. The van der Waals surface area contributed by atoms with E-state index in [9.17, 15) is 5.11 Å². The second-order valence-electron chi connectivity index (χ2n) is 4.79. The van der Waals surface area contributed by atoms with E-state index in [1.54, 1.807) is 0 Å². The van der Waals surface area contributed by atoms with Crippen LogP contribution in [0.15, 0.2) is 0 Å². The SMILES string of the molecule is CCCCCC(O)COCCOCCOCCOCCO. The Morgan fingerprint density at radius 1 is 0.762 bits per heavy atom. The number of aliphatic hydroxyl groups is 2. The van der Waals surface area contributed by atoms with Gasteiger partial charge in [-0.3, -0.25) is 0 Å². The molecule has 0 heterocycles. The monoisotopic (exact) mass is 308 g/mol. The van der Waals surface area contributed by atoms with Gasteiger partial charge in [-0.05, 0) is 6.42 Å². The summed E-state index contributed by atoms with van der Waals surface area (Å²) in [5.74, 6) is 0. The maximum atomic E-state index is 9.62. The molecule has 0 rings (SSSR count). The fourth-order valence-electron chi connectivity index (χ4n) is 1.66. The van der Waals surface area contributed by atoms with Gasteiger partial charge in [-0.15, -0.1) is 0 Å². The van der Waals surface area contributed by atoms with Crippen LogP contribution in [0.3, 0.4) is 0 Å². The standard InChI is InChI=1S/C15H32O6/c1-2-3-4-5-15(17)14-21-13-12-20-11-10-19-9-8-18-7-6-16/h15-17H,2-14H2,1H3. The molecule has 0 aromatic heterocycles. The minimum atomic E-state index is -0.362. The molecule has 0 bridgehead atoms.